The van der Waals surface area contributed by atoms with Crippen molar-refractivity contribution in [3.8, 4) is 0 Å². The number of halogens is 2. The number of urea groups is 1. The number of likely N-dealkylation sites (N-methyl/N-ethyl adjacent to an activating group) is 1. The SMILES string of the molecule is CN1C(=O)NC(Cc2ccccc2)C1(CCOS(C)(=O)=O)c1ccc(Cl)c(Cl)c1. The molecule has 1 N–H and O–H groups in total. The van der Waals surface area contributed by atoms with Crippen LogP contribution in [-0.2, 0) is 26.3 Å². The maximum Gasteiger partial charge on any atom is 0.318 e. The van der Waals surface area contributed by atoms with Crippen molar-refractivity contribution in [3.63, 3.8) is 0 Å². The molecule has 2 amide bonds. The average molecular weight is 457 g/mol. The average Bonchev–Trinajstić information content (AvgIpc) is 2.89. The molecule has 0 bridgehead atoms. The van der Waals surface area contributed by atoms with Crippen molar-refractivity contribution in [2.45, 2.75) is 24.4 Å². The van der Waals surface area contributed by atoms with Crippen LogP contribution in [0.25, 0.3) is 0 Å². The van der Waals surface area contributed by atoms with E-state index >= 15 is 0 Å². The van der Waals surface area contributed by atoms with Gasteiger partial charge in [0, 0.05) is 13.5 Å². The molecule has 2 aromatic carbocycles. The second-order valence-electron chi connectivity index (χ2n) is 7.08. The standard InChI is InChI=1S/C20H22Cl2N2O4S/c1-24-19(25)23-18(12-14-6-4-3-5-7-14)20(24,10-11-28-29(2,26)27)15-8-9-16(21)17(22)13-15/h3-9,13,18H,10-12H2,1-2H3,(H,23,25). The molecule has 0 saturated carbocycles. The van der Waals surface area contributed by atoms with E-state index in [0.29, 0.717) is 16.5 Å². The molecule has 1 aliphatic rings. The number of nitrogens with zero attached hydrogens (tertiary/aromatic N) is 1. The number of benzene rings is 2. The van der Waals surface area contributed by atoms with Gasteiger partial charge in [-0.1, -0.05) is 59.6 Å². The monoisotopic (exact) mass is 456 g/mol. The van der Waals surface area contributed by atoms with E-state index in [2.05, 4.69) is 5.32 Å². The summed E-state index contributed by atoms with van der Waals surface area (Å²) in [6.07, 6.45) is 1.81. The highest BCUT2D eigenvalue weighted by Crippen LogP contribution is 2.42. The normalized spacial score (nSPS) is 22.0. The molecule has 1 saturated heterocycles. The van der Waals surface area contributed by atoms with Crippen LogP contribution in [0.4, 0.5) is 4.79 Å². The minimum absolute atomic E-state index is 0.0797. The van der Waals surface area contributed by atoms with Gasteiger partial charge in [-0.3, -0.25) is 4.18 Å². The summed E-state index contributed by atoms with van der Waals surface area (Å²) in [5.74, 6) is 0. The molecule has 1 aliphatic heterocycles. The molecule has 6 nitrogen and oxygen atoms in total. The van der Waals surface area contributed by atoms with Crippen molar-refractivity contribution in [2.75, 3.05) is 19.9 Å². The quantitative estimate of drug-likeness (QED) is 0.642. The van der Waals surface area contributed by atoms with Crippen LogP contribution in [0, 0.1) is 0 Å². The van der Waals surface area contributed by atoms with E-state index in [-0.39, 0.29) is 25.1 Å². The fourth-order valence-corrected chi connectivity index (χ4v) is 4.53. The van der Waals surface area contributed by atoms with Crippen LogP contribution in [0.5, 0.6) is 0 Å². The van der Waals surface area contributed by atoms with Gasteiger partial charge in [0.25, 0.3) is 10.1 Å². The van der Waals surface area contributed by atoms with E-state index in [1.807, 2.05) is 36.4 Å². The molecule has 1 fully saturated rings. The first-order chi connectivity index (χ1) is 13.6. The second-order valence-corrected chi connectivity index (χ2v) is 9.54. The smallest absolute Gasteiger partial charge is 0.318 e. The predicted octanol–water partition coefficient (Wildman–Crippen LogP) is 3.82. The second kappa shape index (κ2) is 8.52. The number of amides is 2. The maximum atomic E-state index is 12.7. The van der Waals surface area contributed by atoms with Gasteiger partial charge in [-0.25, -0.2) is 4.79 Å². The van der Waals surface area contributed by atoms with Gasteiger partial charge in [0.15, 0.2) is 0 Å². The first kappa shape index (κ1) is 21.9. The highest BCUT2D eigenvalue weighted by atomic mass is 35.5. The summed E-state index contributed by atoms with van der Waals surface area (Å²) in [5, 5.41) is 3.79. The van der Waals surface area contributed by atoms with Crippen molar-refractivity contribution < 1.29 is 17.4 Å². The van der Waals surface area contributed by atoms with Crippen LogP contribution in [-0.4, -0.2) is 45.3 Å². The Kier molecular flexibility index (Phi) is 6.43. The fourth-order valence-electron chi connectivity index (χ4n) is 3.85. The fraction of sp³-hybridized carbons (Fsp3) is 0.350. The third-order valence-electron chi connectivity index (χ3n) is 5.26. The summed E-state index contributed by atoms with van der Waals surface area (Å²) in [4.78, 5) is 14.3. The van der Waals surface area contributed by atoms with Gasteiger partial charge in [0.1, 0.15) is 0 Å². The van der Waals surface area contributed by atoms with Gasteiger partial charge in [-0.05, 0) is 29.7 Å². The van der Waals surface area contributed by atoms with Gasteiger partial charge >= 0.3 is 6.03 Å². The molecule has 2 atom stereocenters. The van der Waals surface area contributed by atoms with Crippen LogP contribution in [0.2, 0.25) is 10.0 Å². The summed E-state index contributed by atoms with van der Waals surface area (Å²) in [6, 6.07) is 14.4. The topological polar surface area (TPSA) is 75.7 Å². The number of carbonyl (C=O) groups is 1. The Morgan fingerprint density at radius 3 is 2.45 bits per heavy atom. The molecule has 3 rings (SSSR count). The molecular formula is C20H22Cl2N2O4S. The third-order valence-corrected chi connectivity index (χ3v) is 6.59. The molecule has 0 radical (unpaired) electrons. The number of hydrogen-bond donors (Lipinski definition) is 1. The van der Waals surface area contributed by atoms with Crippen LogP contribution in [0.1, 0.15) is 17.5 Å². The molecule has 0 aromatic heterocycles. The van der Waals surface area contributed by atoms with Crippen LogP contribution < -0.4 is 5.32 Å². The maximum absolute atomic E-state index is 12.7. The number of carbonyl (C=O) groups excluding carboxylic acids is 1. The van der Waals surface area contributed by atoms with E-state index in [1.165, 1.54) is 0 Å². The van der Waals surface area contributed by atoms with Crippen molar-refractivity contribution in [1.82, 2.24) is 10.2 Å². The Labute approximate surface area is 180 Å². The highest BCUT2D eigenvalue weighted by Gasteiger charge is 2.52. The lowest BCUT2D eigenvalue weighted by atomic mass is 9.78. The van der Waals surface area contributed by atoms with E-state index in [1.54, 1.807) is 24.1 Å². The summed E-state index contributed by atoms with van der Waals surface area (Å²) >= 11 is 12.4. The summed E-state index contributed by atoms with van der Waals surface area (Å²) in [6.45, 7) is -0.0797. The van der Waals surface area contributed by atoms with Gasteiger partial charge in [-0.15, -0.1) is 0 Å². The molecule has 2 aromatic rings. The van der Waals surface area contributed by atoms with Gasteiger partial charge in [0.2, 0.25) is 0 Å². The van der Waals surface area contributed by atoms with Crippen molar-refractivity contribution in [1.29, 1.82) is 0 Å². The molecule has 156 valence electrons. The summed E-state index contributed by atoms with van der Waals surface area (Å²) in [5.41, 5.74) is 0.929. The minimum atomic E-state index is -3.62. The molecule has 0 spiro atoms. The van der Waals surface area contributed by atoms with Crippen LogP contribution in [0.3, 0.4) is 0 Å². The van der Waals surface area contributed by atoms with E-state index in [9.17, 15) is 13.2 Å². The Morgan fingerprint density at radius 1 is 1.14 bits per heavy atom. The molecule has 29 heavy (non-hydrogen) atoms. The first-order valence-electron chi connectivity index (χ1n) is 9.01. The molecule has 2 unspecified atom stereocenters. The lowest BCUT2D eigenvalue weighted by Gasteiger charge is -2.40. The predicted molar refractivity (Wildman–Crippen MR) is 114 cm³/mol. The lowest BCUT2D eigenvalue weighted by Crippen LogP contribution is -2.49. The van der Waals surface area contributed by atoms with Gasteiger partial charge < -0.3 is 10.2 Å². The third kappa shape index (κ3) is 4.69. The number of rotatable bonds is 7. The zero-order chi connectivity index (χ0) is 21.2. The number of nitrogens with one attached hydrogen (secondary N) is 1. The zero-order valence-electron chi connectivity index (χ0n) is 16.1. The van der Waals surface area contributed by atoms with Crippen LogP contribution in [0.15, 0.2) is 48.5 Å². The Bertz CT molecular complexity index is 1000. The van der Waals surface area contributed by atoms with Crippen molar-refractivity contribution in [3.05, 3.63) is 69.7 Å². The Balaban J connectivity index is 2.06. The molecule has 1 heterocycles. The Hall–Kier alpha value is -1.80. The zero-order valence-corrected chi connectivity index (χ0v) is 18.4. The molecule has 9 heteroatoms. The number of hydrogen-bond acceptors (Lipinski definition) is 4. The van der Waals surface area contributed by atoms with Crippen molar-refractivity contribution in [2.24, 2.45) is 0 Å². The van der Waals surface area contributed by atoms with Gasteiger partial charge in [-0.2, -0.15) is 8.42 Å². The largest absolute Gasteiger partial charge is 0.332 e. The van der Waals surface area contributed by atoms with Crippen LogP contribution >= 0.6 is 23.2 Å². The Morgan fingerprint density at radius 2 is 1.83 bits per heavy atom. The molecule has 0 aliphatic carbocycles. The van der Waals surface area contributed by atoms with E-state index in [4.69, 9.17) is 27.4 Å². The molecular weight excluding hydrogens is 435 g/mol. The summed E-state index contributed by atoms with van der Waals surface area (Å²) < 4.78 is 28.0. The van der Waals surface area contributed by atoms with Crippen molar-refractivity contribution >= 4 is 39.4 Å². The first-order valence-corrected chi connectivity index (χ1v) is 11.6. The lowest BCUT2D eigenvalue weighted by molar-refractivity contribution is 0.128. The summed E-state index contributed by atoms with van der Waals surface area (Å²) in [7, 11) is -1.93. The van der Waals surface area contributed by atoms with Gasteiger partial charge in [0.05, 0.1) is 34.5 Å². The highest BCUT2D eigenvalue weighted by molar-refractivity contribution is 7.85. The minimum Gasteiger partial charge on any atom is -0.332 e. The van der Waals surface area contributed by atoms with E-state index in [0.717, 1.165) is 17.4 Å². The van der Waals surface area contributed by atoms with E-state index < -0.39 is 15.7 Å².